The number of ether oxygens (including phenoxy) is 1. The molecule has 0 aromatic carbocycles. The topological polar surface area (TPSA) is 97.1 Å². The monoisotopic (exact) mass is 370 g/mol. The highest BCUT2D eigenvalue weighted by molar-refractivity contribution is 7.91. The van der Waals surface area contributed by atoms with E-state index in [4.69, 9.17) is 9.15 Å². The van der Waals surface area contributed by atoms with Gasteiger partial charge in [-0.05, 0) is 12.1 Å². The van der Waals surface area contributed by atoms with Crippen LogP contribution < -0.4 is 0 Å². The van der Waals surface area contributed by atoms with E-state index in [-0.39, 0.29) is 35.7 Å². The molecule has 0 bridgehead atoms. The fraction of sp³-hybridized carbons (Fsp3) is 0.625. The first-order chi connectivity index (χ1) is 11.9. The Hall–Kier alpha value is -1.87. The van der Waals surface area contributed by atoms with Crippen LogP contribution in [0.3, 0.4) is 0 Å². The lowest BCUT2D eigenvalue weighted by molar-refractivity contribution is -0.136. The molecule has 3 heterocycles. The van der Waals surface area contributed by atoms with Crippen molar-refractivity contribution < 1.29 is 27.2 Å². The minimum absolute atomic E-state index is 0.0837. The number of rotatable bonds is 4. The maximum atomic E-state index is 12.8. The second-order valence-corrected chi connectivity index (χ2v) is 8.50. The van der Waals surface area contributed by atoms with Gasteiger partial charge in [-0.15, -0.1) is 0 Å². The van der Waals surface area contributed by atoms with Crippen LogP contribution >= 0.6 is 0 Å². The van der Waals surface area contributed by atoms with E-state index in [1.807, 2.05) is 0 Å². The Morgan fingerprint density at radius 1 is 1.20 bits per heavy atom. The van der Waals surface area contributed by atoms with E-state index in [1.165, 1.54) is 12.0 Å². The lowest BCUT2D eigenvalue weighted by Gasteiger charge is -2.43. The number of piperazine rings is 1. The predicted octanol–water partition coefficient (Wildman–Crippen LogP) is 0.286. The molecule has 0 aliphatic carbocycles. The Balaban J connectivity index is 1.84. The fourth-order valence-electron chi connectivity index (χ4n) is 3.57. The lowest BCUT2D eigenvalue weighted by atomic mass is 10.0. The number of sulfone groups is 1. The third kappa shape index (κ3) is 3.43. The Morgan fingerprint density at radius 3 is 2.48 bits per heavy atom. The zero-order valence-electron chi connectivity index (χ0n) is 14.3. The molecule has 2 aliphatic heterocycles. The number of hydrogen-bond donors (Lipinski definition) is 0. The first-order valence-electron chi connectivity index (χ1n) is 8.24. The molecule has 0 radical (unpaired) electrons. The van der Waals surface area contributed by atoms with E-state index in [2.05, 4.69) is 0 Å². The summed E-state index contributed by atoms with van der Waals surface area (Å²) in [6, 6.07) is 2.22. The molecular formula is C16H22N2O6S. The minimum Gasteiger partial charge on any atom is -0.453 e. The molecule has 3 rings (SSSR count). The molecule has 0 spiro atoms. The maximum absolute atomic E-state index is 12.8. The van der Waals surface area contributed by atoms with Gasteiger partial charge in [-0.2, -0.15) is 0 Å². The second kappa shape index (κ2) is 6.80. The van der Waals surface area contributed by atoms with E-state index in [0.29, 0.717) is 25.3 Å². The predicted molar refractivity (Wildman–Crippen MR) is 88.7 cm³/mol. The van der Waals surface area contributed by atoms with Crippen molar-refractivity contribution >= 4 is 21.7 Å². The van der Waals surface area contributed by atoms with Crippen molar-refractivity contribution in [1.82, 2.24) is 9.80 Å². The maximum Gasteiger partial charge on any atom is 0.289 e. The number of hydrogen-bond acceptors (Lipinski definition) is 6. The van der Waals surface area contributed by atoms with E-state index in [9.17, 15) is 18.0 Å². The summed E-state index contributed by atoms with van der Waals surface area (Å²) in [6.07, 6.45) is 0.315. The molecule has 138 valence electrons. The number of carbonyl (C=O) groups excluding carboxylic acids is 2. The molecule has 0 N–H and O–H groups in total. The number of furan rings is 1. The van der Waals surface area contributed by atoms with Crippen LogP contribution in [0.15, 0.2) is 16.5 Å². The van der Waals surface area contributed by atoms with Crippen LogP contribution in [-0.2, 0) is 26.0 Å². The Morgan fingerprint density at radius 2 is 1.84 bits per heavy atom. The van der Waals surface area contributed by atoms with Gasteiger partial charge in [-0.3, -0.25) is 9.59 Å². The number of amides is 2. The second-order valence-electron chi connectivity index (χ2n) is 6.35. The van der Waals surface area contributed by atoms with E-state index < -0.39 is 21.9 Å². The van der Waals surface area contributed by atoms with Crippen molar-refractivity contribution in [3.63, 3.8) is 0 Å². The number of nitrogens with zero attached hydrogens (tertiary/aromatic N) is 2. The van der Waals surface area contributed by atoms with Crippen LogP contribution in [0, 0.1) is 0 Å². The molecule has 0 unspecified atom stereocenters. The zero-order chi connectivity index (χ0) is 18.2. The van der Waals surface area contributed by atoms with Crippen molar-refractivity contribution in [2.75, 3.05) is 31.7 Å². The van der Waals surface area contributed by atoms with Crippen LogP contribution in [0.1, 0.15) is 29.7 Å². The van der Waals surface area contributed by atoms with Gasteiger partial charge >= 0.3 is 0 Å². The smallest absolute Gasteiger partial charge is 0.289 e. The molecule has 0 saturated carbocycles. The summed E-state index contributed by atoms with van der Waals surface area (Å²) in [5, 5.41) is 0. The molecule has 2 amide bonds. The van der Waals surface area contributed by atoms with Crippen molar-refractivity contribution in [1.29, 1.82) is 0 Å². The summed E-state index contributed by atoms with van der Waals surface area (Å²) in [5.41, 5.74) is 0. The normalized spacial score (nSPS) is 25.0. The average Bonchev–Trinajstić information content (AvgIpc) is 3.15. The molecule has 2 saturated heterocycles. The van der Waals surface area contributed by atoms with Gasteiger partial charge in [-0.25, -0.2) is 8.42 Å². The molecular weight excluding hydrogens is 348 g/mol. The van der Waals surface area contributed by atoms with Crippen molar-refractivity contribution in [3.8, 4) is 0 Å². The van der Waals surface area contributed by atoms with Gasteiger partial charge < -0.3 is 19.0 Å². The largest absolute Gasteiger partial charge is 0.453 e. The van der Waals surface area contributed by atoms with Crippen molar-refractivity contribution in [3.05, 3.63) is 23.7 Å². The third-order valence-corrected chi connectivity index (χ3v) is 6.42. The van der Waals surface area contributed by atoms with Gasteiger partial charge in [0.2, 0.25) is 5.91 Å². The highest BCUT2D eigenvalue weighted by atomic mass is 32.2. The van der Waals surface area contributed by atoms with Crippen molar-refractivity contribution in [2.24, 2.45) is 0 Å². The molecule has 2 fully saturated rings. The third-order valence-electron chi connectivity index (χ3n) is 4.72. The summed E-state index contributed by atoms with van der Waals surface area (Å²) in [4.78, 5) is 28.1. The highest BCUT2D eigenvalue weighted by Gasteiger charge is 2.49. The summed E-state index contributed by atoms with van der Waals surface area (Å²) in [5.74, 6) is 0.0345. The van der Waals surface area contributed by atoms with E-state index in [0.717, 1.165) is 0 Å². The lowest BCUT2D eigenvalue weighted by Crippen LogP contribution is -2.61. The van der Waals surface area contributed by atoms with Gasteiger partial charge in [0, 0.05) is 26.6 Å². The Kier molecular flexibility index (Phi) is 4.88. The SMILES string of the molecule is CCC(=O)N1CCN(C(=O)c2ccc(COC)o2)[C@H]2CS(=O)(=O)C[C@H]21. The summed E-state index contributed by atoms with van der Waals surface area (Å²) in [7, 11) is -1.76. The average molecular weight is 370 g/mol. The standard InChI is InChI=1S/C16H22N2O6S/c1-3-15(19)17-6-7-18(13-10-25(21,22)9-12(13)17)16(20)14-5-4-11(24-14)8-23-2/h4-5,12-13H,3,6-10H2,1-2H3/t12-,13+/m1/s1. The highest BCUT2D eigenvalue weighted by Crippen LogP contribution is 2.29. The molecule has 1 aromatic heterocycles. The quantitative estimate of drug-likeness (QED) is 0.755. The van der Waals surface area contributed by atoms with Gasteiger partial charge in [0.15, 0.2) is 15.6 Å². The Labute approximate surface area is 146 Å². The first kappa shape index (κ1) is 17.9. The fourth-order valence-corrected chi connectivity index (χ4v) is 5.55. The van der Waals surface area contributed by atoms with E-state index in [1.54, 1.807) is 24.0 Å². The number of fused-ring (bicyclic) bond motifs is 1. The van der Waals surface area contributed by atoms with Crippen LogP contribution in [0.25, 0.3) is 0 Å². The molecule has 9 heteroatoms. The molecule has 2 atom stereocenters. The van der Waals surface area contributed by atoms with Crippen LogP contribution in [-0.4, -0.2) is 73.8 Å². The summed E-state index contributed by atoms with van der Waals surface area (Å²) >= 11 is 0. The van der Waals surface area contributed by atoms with Gasteiger partial charge in [0.05, 0.1) is 23.6 Å². The van der Waals surface area contributed by atoms with Gasteiger partial charge in [-0.1, -0.05) is 6.92 Å². The Bertz CT molecular complexity index is 771. The minimum atomic E-state index is -3.29. The van der Waals surface area contributed by atoms with Gasteiger partial charge in [0.1, 0.15) is 12.4 Å². The van der Waals surface area contributed by atoms with Crippen LogP contribution in [0.4, 0.5) is 0 Å². The molecule has 2 aliphatic rings. The number of methoxy groups -OCH3 is 1. The van der Waals surface area contributed by atoms with Crippen LogP contribution in [0.5, 0.6) is 0 Å². The van der Waals surface area contributed by atoms with E-state index >= 15 is 0 Å². The molecule has 1 aromatic rings. The first-order valence-corrected chi connectivity index (χ1v) is 10.1. The summed E-state index contributed by atoms with van der Waals surface area (Å²) < 4.78 is 34.7. The number of carbonyl (C=O) groups is 2. The molecule has 25 heavy (non-hydrogen) atoms. The van der Waals surface area contributed by atoms with Crippen molar-refractivity contribution in [2.45, 2.75) is 32.0 Å². The van der Waals surface area contributed by atoms with Gasteiger partial charge in [0.25, 0.3) is 5.91 Å². The molecule has 8 nitrogen and oxygen atoms in total. The van der Waals surface area contributed by atoms with Crippen LogP contribution in [0.2, 0.25) is 0 Å². The summed E-state index contributed by atoms with van der Waals surface area (Å²) in [6.45, 7) is 2.63. The zero-order valence-corrected chi connectivity index (χ0v) is 15.1.